The third-order valence-electron chi connectivity index (χ3n) is 7.26. The second kappa shape index (κ2) is 10.6. The molecule has 0 atom stereocenters. The molecule has 0 radical (unpaired) electrons. The van der Waals surface area contributed by atoms with E-state index < -0.39 is 0 Å². The van der Waals surface area contributed by atoms with Gasteiger partial charge in [0.05, 0.1) is 26.5 Å². The van der Waals surface area contributed by atoms with Crippen molar-refractivity contribution in [2.75, 3.05) is 40.5 Å². The van der Waals surface area contributed by atoms with E-state index in [0.717, 1.165) is 84.5 Å². The molecular formula is C28H34N4O4. The lowest BCUT2D eigenvalue weighted by Gasteiger charge is -2.33. The summed E-state index contributed by atoms with van der Waals surface area (Å²) < 4.78 is 14.0. The maximum Gasteiger partial charge on any atom is 0.248 e. The zero-order chi connectivity index (χ0) is 25.1. The van der Waals surface area contributed by atoms with Crippen molar-refractivity contribution in [3.8, 4) is 11.5 Å². The minimum absolute atomic E-state index is 0.389. The molecule has 36 heavy (non-hydrogen) atoms. The minimum Gasteiger partial charge on any atom is -0.496 e. The molecule has 3 heterocycles. The fourth-order valence-corrected chi connectivity index (χ4v) is 5.33. The Balaban J connectivity index is 1.26. The van der Waals surface area contributed by atoms with Crippen molar-refractivity contribution in [1.82, 2.24) is 14.9 Å². The number of hydrogen-bond acceptors (Lipinski definition) is 6. The number of primary amides is 1. The van der Waals surface area contributed by atoms with Crippen LogP contribution in [-0.4, -0.2) is 55.8 Å². The number of nitrogens with zero attached hydrogens (tertiary/aromatic N) is 2. The van der Waals surface area contributed by atoms with Gasteiger partial charge in [-0.3, -0.25) is 15.1 Å². The van der Waals surface area contributed by atoms with Crippen molar-refractivity contribution >= 4 is 22.5 Å². The quantitative estimate of drug-likeness (QED) is 0.466. The first-order valence-electron chi connectivity index (χ1n) is 12.5. The predicted octanol–water partition coefficient (Wildman–Crippen LogP) is 3.90. The van der Waals surface area contributed by atoms with Crippen LogP contribution in [0.3, 0.4) is 0 Å². The number of piperidine rings is 1. The first-order chi connectivity index (χ1) is 17.6. The van der Waals surface area contributed by atoms with Crippen LogP contribution in [-0.2, 0) is 11.3 Å². The maximum absolute atomic E-state index is 11.7. The fourth-order valence-electron chi connectivity index (χ4n) is 5.33. The van der Waals surface area contributed by atoms with Crippen LogP contribution < -0.4 is 20.7 Å². The SMILES string of the molecule is CONC1=CCCOc2cc(OC)c(CCN3CCC(n4ccc5ccc(C(N)=O)cc54)CC3)cc21. The van der Waals surface area contributed by atoms with E-state index in [0.29, 0.717) is 18.2 Å². The Morgan fingerprint density at radius 3 is 2.75 bits per heavy atom. The van der Waals surface area contributed by atoms with Gasteiger partial charge in [-0.05, 0) is 54.5 Å². The summed E-state index contributed by atoms with van der Waals surface area (Å²) in [5, 5.41) is 1.14. The Kier molecular flexibility index (Phi) is 7.16. The number of methoxy groups -OCH3 is 1. The van der Waals surface area contributed by atoms with E-state index in [9.17, 15) is 4.79 Å². The van der Waals surface area contributed by atoms with Crippen LogP contribution in [0.4, 0.5) is 0 Å². The smallest absolute Gasteiger partial charge is 0.248 e. The summed E-state index contributed by atoms with van der Waals surface area (Å²) in [6.07, 6.45) is 8.06. The molecule has 3 N–H and O–H groups in total. The number of aromatic nitrogens is 1. The molecule has 8 nitrogen and oxygen atoms in total. The molecule has 2 aliphatic heterocycles. The number of likely N-dealkylation sites (tertiary alicyclic amines) is 1. The van der Waals surface area contributed by atoms with Crippen molar-refractivity contribution < 1.29 is 19.1 Å². The molecule has 0 unspecified atom stereocenters. The molecule has 1 aromatic heterocycles. The molecule has 0 aliphatic carbocycles. The number of ether oxygens (including phenoxy) is 2. The number of carbonyl (C=O) groups excluding carboxylic acids is 1. The molecule has 0 bridgehead atoms. The first-order valence-corrected chi connectivity index (χ1v) is 12.5. The van der Waals surface area contributed by atoms with E-state index in [-0.39, 0.29) is 5.91 Å². The third kappa shape index (κ3) is 4.92. The van der Waals surface area contributed by atoms with E-state index in [1.165, 1.54) is 0 Å². The lowest BCUT2D eigenvalue weighted by Crippen LogP contribution is -2.35. The Hall–Kier alpha value is -3.49. The average Bonchev–Trinajstić information content (AvgIpc) is 3.23. The maximum atomic E-state index is 11.7. The van der Waals surface area contributed by atoms with E-state index in [1.54, 1.807) is 20.3 Å². The number of hydrogen-bond donors (Lipinski definition) is 2. The fraction of sp³-hybridized carbons (Fsp3) is 0.393. The normalized spacial score (nSPS) is 16.7. The van der Waals surface area contributed by atoms with Gasteiger partial charge in [0, 0.05) is 61.0 Å². The molecular weight excluding hydrogens is 456 g/mol. The minimum atomic E-state index is -0.389. The molecule has 190 valence electrons. The highest BCUT2D eigenvalue weighted by Gasteiger charge is 2.23. The number of nitrogens with two attached hydrogens (primary N) is 1. The molecule has 1 amide bonds. The summed E-state index contributed by atoms with van der Waals surface area (Å²) in [7, 11) is 3.33. The van der Waals surface area contributed by atoms with Gasteiger partial charge in [0.2, 0.25) is 5.91 Å². The number of rotatable bonds is 8. The largest absolute Gasteiger partial charge is 0.496 e. The molecule has 1 fully saturated rings. The van der Waals surface area contributed by atoms with Crippen LogP contribution in [0, 0.1) is 0 Å². The Morgan fingerprint density at radius 2 is 2.00 bits per heavy atom. The van der Waals surface area contributed by atoms with Crippen molar-refractivity contribution in [2.45, 2.75) is 31.7 Å². The monoisotopic (exact) mass is 490 g/mol. The standard InChI is InChI=1S/C28H34N4O4/c1-34-26-18-27-23(24(30-35-2)4-3-15-36-27)16-20(26)7-11-31-12-9-22(10-13-31)32-14-8-19-5-6-21(28(29)33)17-25(19)32/h4-6,8,14,16-18,22,30H,3,7,9-13,15H2,1-2H3,(H2,29,33). The van der Waals surface area contributed by atoms with Gasteiger partial charge in [-0.25, -0.2) is 0 Å². The molecule has 2 aliphatic rings. The van der Waals surface area contributed by atoms with Gasteiger partial charge < -0.3 is 24.7 Å². The Morgan fingerprint density at radius 1 is 1.17 bits per heavy atom. The Labute approximate surface area is 211 Å². The number of fused-ring (bicyclic) bond motifs is 2. The van der Waals surface area contributed by atoms with Gasteiger partial charge >= 0.3 is 0 Å². The highest BCUT2D eigenvalue weighted by atomic mass is 16.6. The number of nitrogens with one attached hydrogen (secondary N) is 1. The van der Waals surface area contributed by atoms with Gasteiger partial charge in [-0.1, -0.05) is 12.1 Å². The predicted molar refractivity (Wildman–Crippen MR) is 140 cm³/mol. The molecule has 1 saturated heterocycles. The van der Waals surface area contributed by atoms with Crippen LogP contribution in [0.1, 0.15) is 46.8 Å². The lowest BCUT2D eigenvalue weighted by molar-refractivity contribution is 0.100. The second-order valence-corrected chi connectivity index (χ2v) is 9.41. The van der Waals surface area contributed by atoms with Crippen LogP contribution in [0.2, 0.25) is 0 Å². The van der Waals surface area contributed by atoms with Gasteiger partial charge in [-0.15, -0.1) is 0 Å². The number of benzene rings is 2. The number of carbonyl (C=O) groups is 1. The lowest BCUT2D eigenvalue weighted by atomic mass is 10.0. The molecule has 8 heteroatoms. The van der Waals surface area contributed by atoms with Gasteiger partial charge in [0.15, 0.2) is 0 Å². The van der Waals surface area contributed by atoms with Gasteiger partial charge in [0.25, 0.3) is 0 Å². The van der Waals surface area contributed by atoms with Crippen LogP contribution in [0.15, 0.2) is 48.7 Å². The molecule has 3 aromatic rings. The van der Waals surface area contributed by atoms with Gasteiger partial charge in [-0.2, -0.15) is 0 Å². The molecule has 0 saturated carbocycles. The summed E-state index contributed by atoms with van der Waals surface area (Å²) in [6.45, 7) is 3.62. The van der Waals surface area contributed by atoms with Crippen molar-refractivity contribution in [1.29, 1.82) is 0 Å². The number of amides is 1. The Bertz CT molecular complexity index is 1270. The summed E-state index contributed by atoms with van der Waals surface area (Å²) in [4.78, 5) is 19.4. The first kappa shape index (κ1) is 24.2. The van der Waals surface area contributed by atoms with Crippen molar-refractivity contribution in [3.05, 3.63) is 65.4 Å². The van der Waals surface area contributed by atoms with Crippen LogP contribution in [0.25, 0.3) is 16.6 Å². The zero-order valence-electron chi connectivity index (χ0n) is 21.0. The van der Waals surface area contributed by atoms with Crippen molar-refractivity contribution in [3.63, 3.8) is 0 Å². The summed E-state index contributed by atoms with van der Waals surface area (Å²) in [5.74, 6) is 1.27. The average molecular weight is 491 g/mol. The van der Waals surface area contributed by atoms with E-state index in [1.807, 2.05) is 18.2 Å². The molecule has 0 spiro atoms. The topological polar surface area (TPSA) is 91.0 Å². The highest BCUT2D eigenvalue weighted by molar-refractivity contribution is 5.97. The summed E-state index contributed by atoms with van der Waals surface area (Å²) >= 11 is 0. The van der Waals surface area contributed by atoms with Crippen LogP contribution in [0.5, 0.6) is 11.5 Å². The van der Waals surface area contributed by atoms with E-state index >= 15 is 0 Å². The van der Waals surface area contributed by atoms with E-state index in [2.05, 4.69) is 39.4 Å². The molecule has 5 rings (SSSR count). The number of hydroxylamine groups is 1. The zero-order valence-corrected chi connectivity index (χ0v) is 21.0. The third-order valence-corrected chi connectivity index (χ3v) is 7.26. The highest BCUT2D eigenvalue weighted by Crippen LogP contribution is 2.35. The van der Waals surface area contributed by atoms with Gasteiger partial charge in [0.1, 0.15) is 11.5 Å². The summed E-state index contributed by atoms with van der Waals surface area (Å²) in [5.41, 5.74) is 13.2. The second-order valence-electron chi connectivity index (χ2n) is 9.41. The van der Waals surface area contributed by atoms with E-state index in [4.69, 9.17) is 20.0 Å². The summed E-state index contributed by atoms with van der Waals surface area (Å²) in [6, 6.07) is 12.4. The van der Waals surface area contributed by atoms with Crippen LogP contribution >= 0.6 is 0 Å². The van der Waals surface area contributed by atoms with Crippen molar-refractivity contribution in [2.24, 2.45) is 5.73 Å². The molecule has 2 aromatic carbocycles.